The quantitative estimate of drug-likeness (QED) is 0.235. The molecule has 0 heterocycles. The number of anilines is 1. The van der Waals surface area contributed by atoms with Gasteiger partial charge < -0.3 is 10.2 Å². The van der Waals surface area contributed by atoms with Crippen molar-refractivity contribution in [1.82, 2.24) is 10.2 Å². The maximum atomic E-state index is 14.2. The van der Waals surface area contributed by atoms with Gasteiger partial charge in [-0.05, 0) is 67.6 Å². The van der Waals surface area contributed by atoms with Crippen LogP contribution in [-0.2, 0) is 32.3 Å². The van der Waals surface area contributed by atoms with Crippen molar-refractivity contribution in [3.8, 4) is 0 Å². The minimum Gasteiger partial charge on any atom is -0.354 e. The Labute approximate surface area is 262 Å². The molecule has 3 rings (SSSR count). The number of hydrogen-bond donors (Lipinski definition) is 1. The molecule has 0 aliphatic heterocycles. The summed E-state index contributed by atoms with van der Waals surface area (Å²) < 4.78 is 70.1. The number of carbonyl (C=O) groups is 2. The molecule has 0 radical (unpaired) electrons. The molecule has 0 aromatic heterocycles. The van der Waals surface area contributed by atoms with Crippen LogP contribution < -0.4 is 9.62 Å². The van der Waals surface area contributed by atoms with E-state index in [-0.39, 0.29) is 23.8 Å². The fraction of sp³-hybridized carbons (Fsp3) is 0.375. The van der Waals surface area contributed by atoms with E-state index in [2.05, 4.69) is 5.32 Å². The first-order valence-corrected chi connectivity index (χ1v) is 16.0. The Morgan fingerprint density at radius 3 is 2.18 bits per heavy atom. The number of sulfonamides is 1. The number of alkyl halides is 3. The summed E-state index contributed by atoms with van der Waals surface area (Å²) in [6.45, 7) is 8.65. The molecule has 3 aromatic carbocycles. The van der Waals surface area contributed by atoms with Gasteiger partial charge in [0.15, 0.2) is 0 Å². The smallest absolute Gasteiger partial charge is 0.354 e. The molecule has 0 spiro atoms. The molecular formula is C32H37ClF3N3O4S. The van der Waals surface area contributed by atoms with Gasteiger partial charge in [-0.15, -0.1) is 0 Å². The number of nitrogens with zero attached hydrogens (tertiary/aromatic N) is 2. The van der Waals surface area contributed by atoms with Crippen molar-refractivity contribution in [2.75, 3.05) is 17.4 Å². The second-order valence-corrected chi connectivity index (χ2v) is 13.3. The average Bonchev–Trinajstić information content (AvgIpc) is 2.95. The van der Waals surface area contributed by atoms with Gasteiger partial charge in [0.25, 0.3) is 10.0 Å². The first-order valence-electron chi connectivity index (χ1n) is 14.1. The maximum Gasteiger partial charge on any atom is 0.417 e. The van der Waals surface area contributed by atoms with Gasteiger partial charge in [0, 0.05) is 13.1 Å². The predicted octanol–water partition coefficient (Wildman–Crippen LogP) is 6.75. The molecule has 238 valence electrons. The molecule has 0 aliphatic carbocycles. The van der Waals surface area contributed by atoms with Crippen molar-refractivity contribution < 1.29 is 31.2 Å². The van der Waals surface area contributed by atoms with Gasteiger partial charge in [-0.25, -0.2) is 8.42 Å². The van der Waals surface area contributed by atoms with E-state index in [1.54, 1.807) is 38.1 Å². The SMILES string of the molecule is CC[C@H](C(=O)NCC(C)C)N(Cc1ccccc1C)C(=O)CN(c1ccc(Cl)c(C(F)(F)F)c1)S(=O)(=O)c1ccc(C)cc1. The molecule has 0 unspecified atom stereocenters. The Morgan fingerprint density at radius 1 is 0.977 bits per heavy atom. The molecule has 1 N–H and O–H groups in total. The zero-order chi connectivity index (χ0) is 32.8. The van der Waals surface area contributed by atoms with E-state index in [1.807, 2.05) is 32.9 Å². The third-order valence-corrected chi connectivity index (χ3v) is 9.22. The van der Waals surface area contributed by atoms with E-state index in [0.29, 0.717) is 16.9 Å². The standard InChI is InChI=1S/C32H37ClF3N3O4S/c1-6-29(31(41)37-18-21(2)3)38(19-24-10-8-7-9-23(24)5)30(40)20-39(44(42,43)26-14-11-22(4)12-15-26)25-13-16-28(33)27(17-25)32(34,35)36/h7-17,21,29H,6,18-20H2,1-5H3,(H,37,41)/t29-/m1/s1. The van der Waals surface area contributed by atoms with Crippen LogP contribution in [0.3, 0.4) is 0 Å². The monoisotopic (exact) mass is 651 g/mol. The number of carbonyl (C=O) groups excluding carboxylic acids is 2. The minimum absolute atomic E-state index is 0.0219. The van der Waals surface area contributed by atoms with Crippen molar-refractivity contribution >= 4 is 39.1 Å². The highest BCUT2D eigenvalue weighted by atomic mass is 35.5. The molecule has 2 amide bonds. The van der Waals surface area contributed by atoms with Crippen LogP contribution in [0.2, 0.25) is 5.02 Å². The van der Waals surface area contributed by atoms with E-state index < -0.39 is 56.9 Å². The van der Waals surface area contributed by atoms with Gasteiger partial charge >= 0.3 is 6.18 Å². The van der Waals surface area contributed by atoms with Gasteiger partial charge in [0.2, 0.25) is 11.8 Å². The first-order chi connectivity index (χ1) is 20.6. The van der Waals surface area contributed by atoms with Crippen molar-refractivity contribution in [2.24, 2.45) is 5.92 Å². The second kappa shape index (κ2) is 14.5. The lowest BCUT2D eigenvalue weighted by atomic mass is 10.1. The molecule has 0 fully saturated rings. The lowest BCUT2D eigenvalue weighted by Gasteiger charge is -2.33. The Kier molecular flexibility index (Phi) is 11.5. The lowest BCUT2D eigenvalue weighted by molar-refractivity contribution is -0.140. The third kappa shape index (κ3) is 8.53. The molecule has 12 heteroatoms. The fourth-order valence-electron chi connectivity index (χ4n) is 4.56. The number of halogens is 4. The Morgan fingerprint density at radius 2 is 1.61 bits per heavy atom. The van der Waals surface area contributed by atoms with Crippen LogP contribution in [0.15, 0.2) is 71.6 Å². The molecule has 3 aromatic rings. The second-order valence-electron chi connectivity index (χ2n) is 11.0. The molecular weight excluding hydrogens is 615 g/mol. The highest BCUT2D eigenvalue weighted by Crippen LogP contribution is 2.38. The zero-order valence-corrected chi connectivity index (χ0v) is 26.9. The van der Waals surface area contributed by atoms with Crippen LogP contribution in [0.4, 0.5) is 18.9 Å². The van der Waals surface area contributed by atoms with Crippen LogP contribution >= 0.6 is 11.6 Å². The summed E-state index contributed by atoms with van der Waals surface area (Å²) in [6, 6.07) is 14.7. The summed E-state index contributed by atoms with van der Waals surface area (Å²) in [6.07, 6.45) is -4.67. The Bertz CT molecular complexity index is 1580. The summed E-state index contributed by atoms with van der Waals surface area (Å²) >= 11 is 5.83. The van der Waals surface area contributed by atoms with Crippen molar-refractivity contribution in [1.29, 1.82) is 0 Å². The predicted molar refractivity (Wildman–Crippen MR) is 166 cm³/mol. The van der Waals surface area contributed by atoms with Crippen molar-refractivity contribution in [2.45, 2.75) is 64.7 Å². The highest BCUT2D eigenvalue weighted by molar-refractivity contribution is 7.92. The van der Waals surface area contributed by atoms with E-state index in [9.17, 15) is 31.2 Å². The van der Waals surface area contributed by atoms with E-state index in [0.717, 1.165) is 28.8 Å². The summed E-state index contributed by atoms with van der Waals surface area (Å²) in [7, 11) is -4.55. The van der Waals surface area contributed by atoms with Crippen molar-refractivity contribution in [3.05, 3.63) is 94.0 Å². The van der Waals surface area contributed by atoms with Crippen LogP contribution in [0.5, 0.6) is 0 Å². The van der Waals surface area contributed by atoms with E-state index in [4.69, 9.17) is 11.6 Å². The average molecular weight is 652 g/mol. The zero-order valence-electron chi connectivity index (χ0n) is 25.3. The van der Waals surface area contributed by atoms with Crippen LogP contribution in [0, 0.1) is 19.8 Å². The first kappa shape index (κ1) is 34.9. The normalized spacial score (nSPS) is 12.6. The van der Waals surface area contributed by atoms with E-state index >= 15 is 0 Å². The fourth-order valence-corrected chi connectivity index (χ4v) is 6.20. The van der Waals surface area contributed by atoms with Gasteiger partial charge in [0.1, 0.15) is 12.6 Å². The summed E-state index contributed by atoms with van der Waals surface area (Å²) in [5.41, 5.74) is 0.697. The molecule has 44 heavy (non-hydrogen) atoms. The van der Waals surface area contributed by atoms with Gasteiger partial charge in [-0.2, -0.15) is 13.2 Å². The Hall–Kier alpha value is -3.57. The summed E-state index contributed by atoms with van der Waals surface area (Å²) in [5.74, 6) is -1.04. The number of nitrogens with one attached hydrogen (secondary N) is 1. The third-order valence-electron chi connectivity index (χ3n) is 7.10. The van der Waals surface area contributed by atoms with Crippen LogP contribution in [0.25, 0.3) is 0 Å². The molecule has 0 saturated carbocycles. The molecule has 0 aliphatic rings. The van der Waals surface area contributed by atoms with Crippen LogP contribution in [-0.4, -0.2) is 44.3 Å². The van der Waals surface area contributed by atoms with Crippen molar-refractivity contribution in [3.63, 3.8) is 0 Å². The molecule has 0 bridgehead atoms. The molecule has 0 saturated heterocycles. The van der Waals surface area contributed by atoms with Gasteiger partial charge in [-0.3, -0.25) is 13.9 Å². The minimum atomic E-state index is -4.88. The summed E-state index contributed by atoms with van der Waals surface area (Å²) in [4.78, 5) is 28.6. The number of hydrogen-bond acceptors (Lipinski definition) is 4. The molecule has 7 nitrogen and oxygen atoms in total. The molecule has 1 atom stereocenters. The number of rotatable bonds is 12. The lowest BCUT2D eigenvalue weighted by Crippen LogP contribution is -2.52. The largest absolute Gasteiger partial charge is 0.417 e. The van der Waals surface area contributed by atoms with Crippen LogP contribution in [0.1, 0.15) is 49.4 Å². The summed E-state index contributed by atoms with van der Waals surface area (Å²) in [5, 5.41) is 2.22. The van der Waals surface area contributed by atoms with E-state index in [1.165, 1.54) is 17.0 Å². The topological polar surface area (TPSA) is 86.8 Å². The number of benzene rings is 3. The van der Waals surface area contributed by atoms with Gasteiger partial charge in [0.05, 0.1) is 21.2 Å². The highest BCUT2D eigenvalue weighted by Gasteiger charge is 2.37. The number of amides is 2. The Balaban J connectivity index is 2.15. The maximum absolute atomic E-state index is 14.2. The number of aryl methyl sites for hydroxylation is 2. The van der Waals surface area contributed by atoms with Gasteiger partial charge in [-0.1, -0.05) is 74.3 Å².